The molecule has 5 rings (SSSR count). The van der Waals surface area contributed by atoms with E-state index in [1.54, 1.807) is 11.9 Å². The summed E-state index contributed by atoms with van der Waals surface area (Å²) in [6, 6.07) is 15.9. The van der Waals surface area contributed by atoms with Crippen LogP contribution in [0.3, 0.4) is 0 Å². The number of benzene rings is 2. The highest BCUT2D eigenvalue weighted by Crippen LogP contribution is 2.33. The van der Waals surface area contributed by atoms with Crippen LogP contribution in [0.15, 0.2) is 48.5 Å². The van der Waals surface area contributed by atoms with E-state index in [0.717, 1.165) is 30.8 Å². The van der Waals surface area contributed by atoms with Crippen molar-refractivity contribution >= 4 is 17.6 Å². The Morgan fingerprint density at radius 1 is 1.00 bits per heavy atom. The summed E-state index contributed by atoms with van der Waals surface area (Å²) < 4.78 is 0. The Bertz CT molecular complexity index is 1030. The minimum atomic E-state index is -0.368. The molecular formula is C25H31N5O2. The van der Waals surface area contributed by atoms with Crippen LogP contribution in [0.1, 0.15) is 23.1 Å². The lowest BCUT2D eigenvalue weighted by atomic mass is 10.1. The van der Waals surface area contributed by atoms with Gasteiger partial charge in [0, 0.05) is 32.4 Å². The zero-order valence-corrected chi connectivity index (χ0v) is 19.0. The first kappa shape index (κ1) is 21.0. The summed E-state index contributed by atoms with van der Waals surface area (Å²) in [5.41, 5.74) is 4.80. The van der Waals surface area contributed by atoms with Crippen molar-refractivity contribution in [2.45, 2.75) is 45.2 Å². The van der Waals surface area contributed by atoms with E-state index in [1.807, 2.05) is 30.3 Å². The third-order valence-electron chi connectivity index (χ3n) is 7.16. The van der Waals surface area contributed by atoms with E-state index < -0.39 is 0 Å². The average Bonchev–Trinajstić information content (AvgIpc) is 3.20. The predicted molar refractivity (Wildman–Crippen MR) is 124 cm³/mol. The van der Waals surface area contributed by atoms with E-state index >= 15 is 0 Å². The fourth-order valence-corrected chi connectivity index (χ4v) is 5.18. The molecule has 3 aliphatic heterocycles. The lowest BCUT2D eigenvalue weighted by Gasteiger charge is -2.44. The minimum Gasteiger partial charge on any atom is -0.343 e. The number of anilines is 1. The summed E-state index contributed by atoms with van der Waals surface area (Å²) in [7, 11) is 1.80. The molecule has 0 spiro atoms. The van der Waals surface area contributed by atoms with Crippen molar-refractivity contribution in [1.82, 2.24) is 20.0 Å². The van der Waals surface area contributed by atoms with Gasteiger partial charge in [-0.15, -0.1) is 0 Å². The smallest absolute Gasteiger partial charge is 0.327 e. The maximum absolute atomic E-state index is 13.6. The highest BCUT2D eigenvalue weighted by molar-refractivity contribution is 6.00. The van der Waals surface area contributed by atoms with E-state index in [1.165, 1.54) is 16.0 Å². The number of urea groups is 1. The summed E-state index contributed by atoms with van der Waals surface area (Å²) in [5, 5.41) is 3.59. The predicted octanol–water partition coefficient (Wildman–Crippen LogP) is 2.53. The summed E-state index contributed by atoms with van der Waals surface area (Å²) >= 11 is 0. The van der Waals surface area contributed by atoms with Crippen LogP contribution < -0.4 is 10.2 Å². The maximum Gasteiger partial charge on any atom is 0.327 e. The Morgan fingerprint density at radius 2 is 1.78 bits per heavy atom. The molecule has 3 heterocycles. The number of hydrogen-bond donors (Lipinski definition) is 1. The number of aryl methyl sites for hydroxylation is 2. The first-order valence-electron chi connectivity index (χ1n) is 11.4. The third kappa shape index (κ3) is 3.45. The number of rotatable bonds is 4. The molecule has 3 unspecified atom stereocenters. The molecule has 0 radical (unpaired) electrons. The quantitative estimate of drug-likeness (QED) is 0.803. The molecule has 7 nitrogen and oxygen atoms in total. The van der Waals surface area contributed by atoms with E-state index in [9.17, 15) is 9.59 Å². The molecule has 168 valence electrons. The zero-order chi connectivity index (χ0) is 22.4. The van der Waals surface area contributed by atoms with Crippen molar-refractivity contribution in [3.8, 4) is 0 Å². The molecule has 7 heteroatoms. The highest BCUT2D eigenvalue weighted by atomic mass is 16.2. The first-order valence-corrected chi connectivity index (χ1v) is 11.4. The van der Waals surface area contributed by atoms with Crippen LogP contribution in [0.5, 0.6) is 0 Å². The lowest BCUT2D eigenvalue weighted by Crippen LogP contribution is -2.66. The topological polar surface area (TPSA) is 59.1 Å². The van der Waals surface area contributed by atoms with Gasteiger partial charge >= 0.3 is 6.03 Å². The lowest BCUT2D eigenvalue weighted by molar-refractivity contribution is -0.138. The van der Waals surface area contributed by atoms with Crippen LogP contribution in [0.25, 0.3) is 0 Å². The number of fused-ring (bicyclic) bond motifs is 3. The first-order chi connectivity index (χ1) is 15.5. The molecule has 2 aromatic rings. The summed E-state index contributed by atoms with van der Waals surface area (Å²) in [6.07, 6.45) is 1.22. The Kier molecular flexibility index (Phi) is 5.39. The van der Waals surface area contributed by atoms with Crippen molar-refractivity contribution in [3.63, 3.8) is 0 Å². The van der Waals surface area contributed by atoms with Gasteiger partial charge in [-0.2, -0.15) is 0 Å². The van der Waals surface area contributed by atoms with Gasteiger partial charge in [0.1, 0.15) is 18.5 Å². The number of nitrogens with zero attached hydrogens (tertiary/aromatic N) is 4. The number of carbonyl (C=O) groups excluding carboxylic acids is 2. The summed E-state index contributed by atoms with van der Waals surface area (Å²) in [5.74, 6) is -0.0917. The number of carbonyl (C=O) groups is 2. The molecule has 1 N–H and O–H groups in total. The number of imide groups is 1. The minimum absolute atomic E-state index is 0.0917. The van der Waals surface area contributed by atoms with Crippen LogP contribution in [-0.4, -0.2) is 71.8 Å². The SMILES string of the molecule is Cc1ccc(N2CCCN3C4C(=O)N(CCc5ccccc5)C(=O)N(C)C4NC23)cc1C. The Hall–Kier alpha value is -2.90. The van der Waals surface area contributed by atoms with Crippen molar-refractivity contribution in [1.29, 1.82) is 0 Å². The van der Waals surface area contributed by atoms with Gasteiger partial charge in [0.25, 0.3) is 5.91 Å². The van der Waals surface area contributed by atoms with Gasteiger partial charge in [0.05, 0.1) is 0 Å². The number of nitrogens with one attached hydrogen (secondary N) is 1. The summed E-state index contributed by atoms with van der Waals surface area (Å²) in [6.45, 7) is 6.39. The van der Waals surface area contributed by atoms with Gasteiger partial charge in [-0.05, 0) is 55.5 Å². The molecule has 3 aliphatic rings. The second kappa shape index (κ2) is 8.22. The second-order valence-corrected chi connectivity index (χ2v) is 9.10. The van der Waals surface area contributed by atoms with Gasteiger partial charge in [0.15, 0.2) is 0 Å². The number of amides is 3. The molecule has 2 aromatic carbocycles. The molecule has 3 saturated heterocycles. The van der Waals surface area contributed by atoms with Gasteiger partial charge in [0.2, 0.25) is 0 Å². The van der Waals surface area contributed by atoms with Crippen LogP contribution in [0.4, 0.5) is 10.5 Å². The molecule has 3 fully saturated rings. The van der Waals surface area contributed by atoms with Crippen LogP contribution >= 0.6 is 0 Å². The Balaban J connectivity index is 1.39. The highest BCUT2D eigenvalue weighted by Gasteiger charge is 2.55. The van der Waals surface area contributed by atoms with Crippen molar-refractivity contribution < 1.29 is 9.59 Å². The van der Waals surface area contributed by atoms with Crippen molar-refractivity contribution in [3.05, 3.63) is 65.2 Å². The van der Waals surface area contributed by atoms with E-state index in [-0.39, 0.29) is 30.4 Å². The fourth-order valence-electron chi connectivity index (χ4n) is 5.18. The van der Waals surface area contributed by atoms with Gasteiger partial charge < -0.3 is 9.80 Å². The normalized spacial score (nSPS) is 25.8. The van der Waals surface area contributed by atoms with Crippen molar-refractivity contribution in [2.75, 3.05) is 31.6 Å². The molecule has 3 atom stereocenters. The Labute approximate surface area is 189 Å². The Morgan fingerprint density at radius 3 is 2.53 bits per heavy atom. The van der Waals surface area contributed by atoms with Crippen LogP contribution in [0.2, 0.25) is 0 Å². The molecule has 0 saturated carbocycles. The summed E-state index contributed by atoms with van der Waals surface area (Å²) in [4.78, 5) is 34.4. The molecule has 0 aromatic heterocycles. The van der Waals surface area contributed by atoms with Crippen LogP contribution in [-0.2, 0) is 11.2 Å². The molecule has 32 heavy (non-hydrogen) atoms. The van der Waals surface area contributed by atoms with Crippen LogP contribution in [0, 0.1) is 13.8 Å². The zero-order valence-electron chi connectivity index (χ0n) is 19.0. The van der Waals surface area contributed by atoms with Gasteiger partial charge in [-0.1, -0.05) is 36.4 Å². The molecule has 3 amide bonds. The molecular weight excluding hydrogens is 402 g/mol. The third-order valence-corrected chi connectivity index (χ3v) is 7.16. The fraction of sp³-hybridized carbons (Fsp3) is 0.440. The van der Waals surface area contributed by atoms with E-state index in [2.05, 4.69) is 47.2 Å². The number of hydrogen-bond acceptors (Lipinski definition) is 5. The van der Waals surface area contributed by atoms with Gasteiger partial charge in [-0.25, -0.2) is 4.79 Å². The van der Waals surface area contributed by atoms with Gasteiger partial charge in [-0.3, -0.25) is 19.9 Å². The molecule has 0 aliphatic carbocycles. The van der Waals surface area contributed by atoms with E-state index in [4.69, 9.17) is 0 Å². The van der Waals surface area contributed by atoms with E-state index in [0.29, 0.717) is 13.0 Å². The average molecular weight is 434 g/mol. The second-order valence-electron chi connectivity index (χ2n) is 9.10. The largest absolute Gasteiger partial charge is 0.343 e. The van der Waals surface area contributed by atoms with Crippen molar-refractivity contribution in [2.24, 2.45) is 0 Å². The number of likely N-dealkylation sites (N-methyl/N-ethyl adjacent to an activating group) is 1. The monoisotopic (exact) mass is 433 g/mol. The standard InChI is InChI=1S/C25H31N5O2/c1-17-10-11-20(16-18(17)2)28-13-7-14-29-21-22(26-24(28)29)27(3)25(32)30(23(21)31)15-12-19-8-5-4-6-9-19/h4-6,8-11,16,21-22,24,26H,7,12-15H2,1-3H3. The maximum atomic E-state index is 13.6. The molecule has 0 bridgehead atoms.